The zero-order valence-electron chi connectivity index (χ0n) is 16.0. The average molecular weight is 409 g/mol. The summed E-state index contributed by atoms with van der Waals surface area (Å²) in [6.45, 7) is 0.804. The fraction of sp³-hybridized carbons (Fsp3) is 0.684. The van der Waals surface area contributed by atoms with E-state index >= 15 is 0 Å². The van der Waals surface area contributed by atoms with Gasteiger partial charge in [0.15, 0.2) is 11.6 Å². The highest BCUT2D eigenvalue weighted by Gasteiger charge is 2.37. The van der Waals surface area contributed by atoms with Gasteiger partial charge in [0.25, 0.3) is 5.89 Å². The van der Waals surface area contributed by atoms with Gasteiger partial charge < -0.3 is 14.7 Å². The van der Waals surface area contributed by atoms with Crippen LogP contribution < -0.4 is 5.73 Å². The molecule has 154 valence electrons. The highest BCUT2D eigenvalue weighted by Crippen LogP contribution is 2.35. The number of rotatable bonds is 6. The number of hydrogen-bond acceptors (Lipinski definition) is 7. The first-order chi connectivity index (χ1) is 13.6. The standard InChI is InChI=1S/C19H28N4O4S/c20-12-15-9-10-17(26-15)19-21-18(22-27-19)16-8-4-5-11-23(16)28(24,25)13-14-6-2-1-3-7-14/h9-10,14,16H,1-8,11-13,20H2/t16-/m0/s1. The van der Waals surface area contributed by atoms with E-state index in [1.807, 2.05) is 0 Å². The first kappa shape index (κ1) is 19.6. The van der Waals surface area contributed by atoms with Crippen LogP contribution in [-0.4, -0.2) is 35.2 Å². The highest BCUT2D eigenvalue weighted by atomic mass is 32.2. The van der Waals surface area contributed by atoms with Crippen LogP contribution in [0.1, 0.15) is 69.0 Å². The van der Waals surface area contributed by atoms with E-state index in [4.69, 9.17) is 14.7 Å². The van der Waals surface area contributed by atoms with Gasteiger partial charge in [0.2, 0.25) is 10.0 Å². The van der Waals surface area contributed by atoms with Crippen LogP contribution in [0.3, 0.4) is 0 Å². The van der Waals surface area contributed by atoms with Gasteiger partial charge >= 0.3 is 0 Å². The molecule has 9 heteroatoms. The van der Waals surface area contributed by atoms with Crippen molar-refractivity contribution in [2.24, 2.45) is 11.7 Å². The molecule has 3 heterocycles. The van der Waals surface area contributed by atoms with Crippen molar-refractivity contribution in [3.05, 3.63) is 23.7 Å². The molecule has 0 amide bonds. The fourth-order valence-electron chi connectivity index (χ4n) is 4.32. The maximum absolute atomic E-state index is 13.2. The summed E-state index contributed by atoms with van der Waals surface area (Å²) in [5.74, 6) is 2.24. The molecule has 0 radical (unpaired) electrons. The van der Waals surface area contributed by atoms with Crippen LogP contribution in [0.25, 0.3) is 11.7 Å². The van der Waals surface area contributed by atoms with Gasteiger partial charge in [0.05, 0.1) is 18.3 Å². The molecular formula is C19H28N4O4S. The Balaban J connectivity index is 1.53. The second-order valence-corrected chi connectivity index (χ2v) is 9.80. The zero-order valence-corrected chi connectivity index (χ0v) is 16.9. The summed E-state index contributed by atoms with van der Waals surface area (Å²) >= 11 is 0. The number of nitrogens with zero attached hydrogens (tertiary/aromatic N) is 3. The van der Waals surface area contributed by atoms with E-state index in [-0.39, 0.29) is 30.1 Å². The van der Waals surface area contributed by atoms with Crippen LogP contribution in [0.15, 0.2) is 21.1 Å². The lowest BCUT2D eigenvalue weighted by atomic mass is 9.91. The summed E-state index contributed by atoms with van der Waals surface area (Å²) in [5.41, 5.74) is 5.57. The lowest BCUT2D eigenvalue weighted by Gasteiger charge is -2.34. The number of furan rings is 1. The predicted molar refractivity (Wildman–Crippen MR) is 104 cm³/mol. The summed E-state index contributed by atoms with van der Waals surface area (Å²) in [4.78, 5) is 4.44. The van der Waals surface area contributed by atoms with E-state index < -0.39 is 10.0 Å². The van der Waals surface area contributed by atoms with Crippen molar-refractivity contribution in [3.63, 3.8) is 0 Å². The van der Waals surface area contributed by atoms with Crippen molar-refractivity contribution < 1.29 is 17.4 Å². The van der Waals surface area contributed by atoms with Gasteiger partial charge in [-0.25, -0.2) is 8.42 Å². The Bertz CT molecular complexity index is 885. The minimum atomic E-state index is -3.36. The van der Waals surface area contributed by atoms with Gasteiger partial charge in [-0.3, -0.25) is 0 Å². The van der Waals surface area contributed by atoms with Gasteiger partial charge in [-0.1, -0.05) is 30.8 Å². The van der Waals surface area contributed by atoms with Crippen molar-refractivity contribution >= 4 is 10.0 Å². The Morgan fingerprint density at radius 3 is 2.64 bits per heavy atom. The minimum absolute atomic E-state index is 0.228. The number of hydrogen-bond donors (Lipinski definition) is 1. The smallest absolute Gasteiger partial charge is 0.293 e. The number of piperidine rings is 1. The second-order valence-electron chi connectivity index (χ2n) is 7.83. The summed E-state index contributed by atoms with van der Waals surface area (Å²) in [6, 6.07) is 3.13. The second kappa shape index (κ2) is 8.34. The summed E-state index contributed by atoms with van der Waals surface area (Å²) in [6.07, 6.45) is 8.00. The number of sulfonamides is 1. The van der Waals surface area contributed by atoms with Crippen LogP contribution >= 0.6 is 0 Å². The molecule has 2 fully saturated rings. The molecule has 2 N–H and O–H groups in total. The molecule has 2 aromatic heterocycles. The zero-order chi connectivity index (χ0) is 19.6. The third-order valence-corrected chi connectivity index (χ3v) is 7.84. The Labute approximate surface area is 165 Å². The third kappa shape index (κ3) is 4.16. The number of aromatic nitrogens is 2. The molecule has 0 bridgehead atoms. The molecular weight excluding hydrogens is 380 g/mol. The normalized spacial score (nSPS) is 22.5. The molecule has 0 unspecified atom stereocenters. The highest BCUT2D eigenvalue weighted by molar-refractivity contribution is 7.89. The quantitative estimate of drug-likeness (QED) is 0.780. The molecule has 2 aromatic rings. The molecule has 1 aliphatic carbocycles. The van der Waals surface area contributed by atoms with Crippen LogP contribution in [0.5, 0.6) is 0 Å². The van der Waals surface area contributed by atoms with E-state index in [1.54, 1.807) is 16.4 Å². The van der Waals surface area contributed by atoms with Crippen molar-refractivity contribution in [2.45, 2.75) is 64.0 Å². The molecule has 2 aliphatic rings. The largest absolute Gasteiger partial charge is 0.455 e. The lowest BCUT2D eigenvalue weighted by molar-refractivity contribution is 0.237. The van der Waals surface area contributed by atoms with Crippen molar-refractivity contribution in [1.29, 1.82) is 0 Å². The topological polar surface area (TPSA) is 115 Å². The van der Waals surface area contributed by atoms with Crippen LogP contribution in [0.4, 0.5) is 0 Å². The van der Waals surface area contributed by atoms with Gasteiger partial charge in [-0.15, -0.1) is 0 Å². The molecule has 1 saturated heterocycles. The molecule has 0 spiro atoms. The van der Waals surface area contributed by atoms with E-state index in [0.29, 0.717) is 30.3 Å². The SMILES string of the molecule is NCc1ccc(-c2nc([C@@H]3CCCCN3S(=O)(=O)CC3CCCCC3)no2)o1. The first-order valence-corrected chi connectivity index (χ1v) is 11.8. The molecule has 0 aromatic carbocycles. The fourth-order valence-corrected chi connectivity index (χ4v) is 6.43. The van der Waals surface area contributed by atoms with E-state index in [0.717, 1.165) is 38.5 Å². The average Bonchev–Trinajstić information content (AvgIpc) is 3.38. The number of nitrogens with two attached hydrogens (primary N) is 1. The van der Waals surface area contributed by atoms with E-state index in [1.165, 1.54) is 6.42 Å². The van der Waals surface area contributed by atoms with Crippen molar-refractivity contribution in [1.82, 2.24) is 14.4 Å². The summed E-state index contributed by atoms with van der Waals surface area (Å²) in [5, 5.41) is 4.08. The van der Waals surface area contributed by atoms with Crippen molar-refractivity contribution in [3.8, 4) is 11.7 Å². The Morgan fingerprint density at radius 2 is 1.89 bits per heavy atom. The maximum Gasteiger partial charge on any atom is 0.293 e. The van der Waals surface area contributed by atoms with E-state index in [2.05, 4.69) is 10.1 Å². The first-order valence-electron chi connectivity index (χ1n) is 10.2. The molecule has 1 saturated carbocycles. The summed E-state index contributed by atoms with van der Waals surface area (Å²) < 4.78 is 38.8. The Morgan fingerprint density at radius 1 is 1.11 bits per heavy atom. The summed E-state index contributed by atoms with van der Waals surface area (Å²) in [7, 11) is -3.36. The lowest BCUT2D eigenvalue weighted by Crippen LogP contribution is -2.41. The van der Waals surface area contributed by atoms with Crippen LogP contribution in [0.2, 0.25) is 0 Å². The van der Waals surface area contributed by atoms with Crippen LogP contribution in [-0.2, 0) is 16.6 Å². The van der Waals surface area contributed by atoms with E-state index in [9.17, 15) is 8.42 Å². The predicted octanol–water partition coefficient (Wildman–Crippen LogP) is 3.23. The van der Waals surface area contributed by atoms with Gasteiger partial charge in [0, 0.05) is 6.54 Å². The third-order valence-electron chi connectivity index (χ3n) is 5.80. The molecule has 1 atom stereocenters. The molecule has 28 heavy (non-hydrogen) atoms. The van der Waals surface area contributed by atoms with Crippen LogP contribution in [0, 0.1) is 5.92 Å². The monoisotopic (exact) mass is 408 g/mol. The molecule has 1 aliphatic heterocycles. The molecule has 8 nitrogen and oxygen atoms in total. The minimum Gasteiger partial charge on any atom is -0.455 e. The van der Waals surface area contributed by atoms with Gasteiger partial charge in [0.1, 0.15) is 5.76 Å². The van der Waals surface area contributed by atoms with Crippen molar-refractivity contribution in [2.75, 3.05) is 12.3 Å². The van der Waals surface area contributed by atoms with Gasteiger partial charge in [-0.05, 0) is 43.7 Å². The Kier molecular flexibility index (Phi) is 5.84. The van der Waals surface area contributed by atoms with Gasteiger partial charge in [-0.2, -0.15) is 9.29 Å². The molecule has 4 rings (SSSR count). The Hall–Kier alpha value is -1.71. The maximum atomic E-state index is 13.2.